The van der Waals surface area contributed by atoms with Gasteiger partial charge in [-0.15, -0.1) is 0 Å². The van der Waals surface area contributed by atoms with Crippen molar-refractivity contribution in [3.63, 3.8) is 0 Å². The van der Waals surface area contributed by atoms with Crippen molar-refractivity contribution in [1.29, 1.82) is 0 Å². The van der Waals surface area contributed by atoms with Crippen molar-refractivity contribution >= 4 is 15.9 Å². The Kier molecular flexibility index (Phi) is 3.50. The lowest BCUT2D eigenvalue weighted by Crippen LogP contribution is -2.24. The highest BCUT2D eigenvalue weighted by Crippen LogP contribution is 2.44. The lowest BCUT2D eigenvalue weighted by atomic mass is 9.80. The van der Waals surface area contributed by atoms with Crippen LogP contribution in [0.5, 0.6) is 5.75 Å². The van der Waals surface area contributed by atoms with Gasteiger partial charge in [0, 0.05) is 11.2 Å². The Morgan fingerprint density at radius 1 is 1.00 bits per heavy atom. The average molecular weight is 343 g/mol. The van der Waals surface area contributed by atoms with E-state index in [0.29, 0.717) is 16.8 Å². The molecule has 2 heteroatoms. The summed E-state index contributed by atoms with van der Waals surface area (Å²) in [4.78, 5) is 0.467. The van der Waals surface area contributed by atoms with Gasteiger partial charge in [-0.25, -0.2) is 0 Å². The Balaban J connectivity index is 1.48. The number of benzene rings is 2. The molecular weight excluding hydrogens is 324 g/mol. The minimum absolute atomic E-state index is 0.345. The maximum absolute atomic E-state index is 6.13. The van der Waals surface area contributed by atoms with Crippen molar-refractivity contribution in [2.45, 2.75) is 36.6 Å². The molecule has 4 rings (SSSR count). The summed E-state index contributed by atoms with van der Waals surface area (Å²) in [6.45, 7) is 0. The van der Waals surface area contributed by atoms with Crippen LogP contribution in [0.25, 0.3) is 0 Å². The van der Waals surface area contributed by atoms with Crippen molar-refractivity contribution in [2.24, 2.45) is 5.92 Å². The fourth-order valence-electron chi connectivity index (χ4n) is 3.73. The first-order chi connectivity index (χ1) is 10.3. The standard InChI is InChI=1S/C19H19BrO/c20-19-15(10-9-13-5-1-3-7-17(13)19)12-16-11-14-6-2-4-8-18(14)21-16/h1-8,15-16,19H,9-12H2. The van der Waals surface area contributed by atoms with Crippen LogP contribution in [-0.2, 0) is 12.8 Å². The first-order valence-electron chi connectivity index (χ1n) is 7.77. The highest BCUT2D eigenvalue weighted by atomic mass is 79.9. The highest BCUT2D eigenvalue weighted by Gasteiger charge is 2.32. The van der Waals surface area contributed by atoms with E-state index in [0.717, 1.165) is 18.6 Å². The molecule has 0 fully saturated rings. The minimum Gasteiger partial charge on any atom is -0.490 e. The average Bonchev–Trinajstić information content (AvgIpc) is 2.93. The van der Waals surface area contributed by atoms with Crippen LogP contribution < -0.4 is 4.74 Å². The van der Waals surface area contributed by atoms with Crippen molar-refractivity contribution in [3.05, 3.63) is 65.2 Å². The molecule has 0 aromatic heterocycles. The summed E-state index contributed by atoms with van der Waals surface area (Å²) in [5.41, 5.74) is 4.35. The van der Waals surface area contributed by atoms with Gasteiger partial charge in [-0.05, 0) is 47.9 Å². The zero-order valence-electron chi connectivity index (χ0n) is 12.0. The normalized spacial score (nSPS) is 26.8. The lowest BCUT2D eigenvalue weighted by Gasteiger charge is -2.31. The molecule has 0 saturated carbocycles. The molecule has 0 radical (unpaired) electrons. The summed E-state index contributed by atoms with van der Waals surface area (Å²) in [5, 5.41) is 0. The van der Waals surface area contributed by atoms with E-state index in [9.17, 15) is 0 Å². The van der Waals surface area contributed by atoms with Gasteiger partial charge in [-0.2, -0.15) is 0 Å². The monoisotopic (exact) mass is 342 g/mol. The smallest absolute Gasteiger partial charge is 0.123 e. The van der Waals surface area contributed by atoms with Crippen LogP contribution in [-0.4, -0.2) is 6.10 Å². The van der Waals surface area contributed by atoms with Gasteiger partial charge in [0.2, 0.25) is 0 Å². The van der Waals surface area contributed by atoms with Crippen LogP contribution in [0.1, 0.15) is 34.4 Å². The maximum Gasteiger partial charge on any atom is 0.123 e. The molecule has 0 N–H and O–H groups in total. The van der Waals surface area contributed by atoms with E-state index >= 15 is 0 Å². The van der Waals surface area contributed by atoms with Crippen LogP contribution >= 0.6 is 15.9 Å². The van der Waals surface area contributed by atoms with Gasteiger partial charge in [0.05, 0.1) is 0 Å². The van der Waals surface area contributed by atoms with Gasteiger partial charge >= 0.3 is 0 Å². The zero-order chi connectivity index (χ0) is 14.2. The van der Waals surface area contributed by atoms with E-state index in [1.165, 1.54) is 29.5 Å². The highest BCUT2D eigenvalue weighted by molar-refractivity contribution is 9.09. The van der Waals surface area contributed by atoms with Gasteiger partial charge in [-0.3, -0.25) is 0 Å². The molecule has 2 aliphatic rings. The zero-order valence-corrected chi connectivity index (χ0v) is 13.6. The van der Waals surface area contributed by atoms with E-state index in [4.69, 9.17) is 4.74 Å². The SMILES string of the molecule is BrC1c2ccccc2CCC1CC1Cc2ccccc2O1. The summed E-state index contributed by atoms with van der Waals surface area (Å²) in [7, 11) is 0. The molecule has 0 bridgehead atoms. The molecule has 3 unspecified atom stereocenters. The molecule has 2 aromatic carbocycles. The summed E-state index contributed by atoms with van der Waals surface area (Å²) in [6.07, 6.45) is 5.00. The first kappa shape index (κ1) is 13.4. The quantitative estimate of drug-likeness (QED) is 0.691. The van der Waals surface area contributed by atoms with Crippen LogP contribution in [0.3, 0.4) is 0 Å². The Bertz CT molecular complexity index is 627. The van der Waals surface area contributed by atoms with Gasteiger partial charge in [0.25, 0.3) is 0 Å². The predicted octanol–water partition coefficient (Wildman–Crippen LogP) is 5.08. The third-order valence-corrected chi connectivity index (χ3v) is 6.07. The van der Waals surface area contributed by atoms with Gasteiger partial charge in [0.15, 0.2) is 0 Å². The topological polar surface area (TPSA) is 9.23 Å². The Morgan fingerprint density at radius 3 is 2.62 bits per heavy atom. The van der Waals surface area contributed by atoms with Crippen molar-refractivity contribution in [1.82, 2.24) is 0 Å². The largest absolute Gasteiger partial charge is 0.490 e. The Labute approximate surface area is 134 Å². The van der Waals surface area contributed by atoms with Crippen LogP contribution in [0.2, 0.25) is 0 Å². The number of aryl methyl sites for hydroxylation is 1. The van der Waals surface area contributed by atoms with Crippen molar-refractivity contribution in [2.75, 3.05) is 0 Å². The van der Waals surface area contributed by atoms with Crippen LogP contribution in [0.15, 0.2) is 48.5 Å². The molecule has 1 aliphatic heterocycles. The molecule has 1 heterocycles. The fourth-order valence-corrected chi connectivity index (χ4v) is 4.66. The minimum atomic E-state index is 0.345. The second kappa shape index (κ2) is 5.49. The number of para-hydroxylation sites is 1. The fraction of sp³-hybridized carbons (Fsp3) is 0.368. The van der Waals surface area contributed by atoms with E-state index < -0.39 is 0 Å². The van der Waals surface area contributed by atoms with Crippen LogP contribution in [0.4, 0.5) is 0 Å². The van der Waals surface area contributed by atoms with E-state index in [-0.39, 0.29) is 0 Å². The predicted molar refractivity (Wildman–Crippen MR) is 89.1 cm³/mol. The molecule has 3 atom stereocenters. The molecule has 2 aromatic rings. The van der Waals surface area contributed by atoms with Gasteiger partial charge < -0.3 is 4.74 Å². The Hall–Kier alpha value is -1.28. The third-order valence-electron chi connectivity index (χ3n) is 4.83. The summed E-state index contributed by atoms with van der Waals surface area (Å²) >= 11 is 3.94. The molecule has 0 spiro atoms. The third kappa shape index (κ3) is 2.50. The molecule has 0 amide bonds. The number of halogens is 1. The second-order valence-electron chi connectivity index (χ2n) is 6.19. The van der Waals surface area contributed by atoms with Crippen molar-refractivity contribution < 1.29 is 4.74 Å². The maximum atomic E-state index is 6.13. The van der Waals surface area contributed by atoms with Crippen LogP contribution in [0, 0.1) is 5.92 Å². The lowest BCUT2D eigenvalue weighted by molar-refractivity contribution is 0.186. The molecule has 108 valence electrons. The number of ether oxygens (including phenoxy) is 1. The Morgan fingerprint density at radius 2 is 1.76 bits per heavy atom. The number of hydrogen-bond acceptors (Lipinski definition) is 1. The van der Waals surface area contributed by atoms with E-state index in [1.807, 2.05) is 0 Å². The second-order valence-corrected chi connectivity index (χ2v) is 7.17. The molecule has 1 nitrogen and oxygen atoms in total. The summed E-state index contributed by atoms with van der Waals surface area (Å²) in [5.74, 6) is 1.75. The number of fused-ring (bicyclic) bond motifs is 2. The summed E-state index contributed by atoms with van der Waals surface area (Å²) < 4.78 is 6.13. The van der Waals surface area contributed by atoms with E-state index in [2.05, 4.69) is 64.5 Å². The molecule has 1 aliphatic carbocycles. The van der Waals surface area contributed by atoms with Gasteiger partial charge in [0.1, 0.15) is 11.9 Å². The number of hydrogen-bond donors (Lipinski definition) is 0. The molecule has 0 saturated heterocycles. The van der Waals surface area contributed by atoms with Crippen molar-refractivity contribution in [3.8, 4) is 5.75 Å². The van der Waals surface area contributed by atoms with Gasteiger partial charge in [-0.1, -0.05) is 58.4 Å². The molecule has 21 heavy (non-hydrogen) atoms. The number of rotatable bonds is 2. The molecular formula is C19H19BrO. The first-order valence-corrected chi connectivity index (χ1v) is 8.69. The summed E-state index contributed by atoms with van der Waals surface area (Å²) in [6, 6.07) is 17.3. The van der Waals surface area contributed by atoms with E-state index in [1.54, 1.807) is 0 Å². The number of alkyl halides is 1.